The normalized spacial score (nSPS) is 11.1. The maximum absolute atomic E-state index is 13.3. The lowest BCUT2D eigenvalue weighted by molar-refractivity contribution is 0.0986. The van der Waals surface area contributed by atoms with Crippen LogP contribution in [0.5, 0.6) is 0 Å². The largest absolute Gasteiger partial charge is 0.337 e. The highest BCUT2D eigenvalue weighted by atomic mass is 35.5. The van der Waals surface area contributed by atoms with Gasteiger partial charge in [-0.1, -0.05) is 34.5 Å². The number of aryl methyl sites for hydroxylation is 2. The minimum atomic E-state index is -0.102. The Labute approximate surface area is 182 Å². The van der Waals surface area contributed by atoms with E-state index in [1.54, 1.807) is 41.7 Å². The third kappa shape index (κ3) is 4.29. The molecule has 0 unspecified atom stereocenters. The first-order valence-electron chi connectivity index (χ1n) is 9.12. The highest BCUT2D eigenvalue weighted by Crippen LogP contribution is 2.34. The number of thiazole rings is 1. The lowest BCUT2D eigenvalue weighted by Crippen LogP contribution is -2.32. The van der Waals surface area contributed by atoms with Crippen molar-refractivity contribution >= 4 is 55.8 Å². The molecule has 0 aliphatic rings. The molecule has 29 heavy (non-hydrogen) atoms. The van der Waals surface area contributed by atoms with Crippen LogP contribution < -0.4 is 4.90 Å². The van der Waals surface area contributed by atoms with Gasteiger partial charge in [0, 0.05) is 41.1 Å². The monoisotopic (exact) mass is 444 g/mol. The van der Waals surface area contributed by atoms with Gasteiger partial charge in [0.1, 0.15) is 0 Å². The predicted octanol–water partition coefficient (Wildman–Crippen LogP) is 5.85. The molecule has 0 aliphatic carbocycles. The molecule has 1 amide bonds. The van der Waals surface area contributed by atoms with Crippen molar-refractivity contribution in [2.45, 2.75) is 19.9 Å². The number of aromatic nitrogens is 3. The number of rotatable bonds is 6. The molecule has 0 radical (unpaired) electrons. The molecular weight excluding hydrogens is 427 g/mol. The van der Waals surface area contributed by atoms with Crippen LogP contribution in [0.15, 0.2) is 55.1 Å². The smallest absolute Gasteiger partial charge is 0.260 e. The second-order valence-corrected chi connectivity index (χ2v) is 8.49. The van der Waals surface area contributed by atoms with Gasteiger partial charge in [-0.2, -0.15) is 0 Å². The fourth-order valence-electron chi connectivity index (χ4n) is 3.07. The van der Waals surface area contributed by atoms with Gasteiger partial charge < -0.3 is 4.57 Å². The third-order valence-corrected chi connectivity index (χ3v) is 6.37. The number of anilines is 1. The molecule has 0 aliphatic heterocycles. The lowest BCUT2D eigenvalue weighted by Gasteiger charge is -2.20. The maximum atomic E-state index is 13.3. The molecule has 4 aromatic rings. The Morgan fingerprint density at radius 3 is 2.69 bits per heavy atom. The van der Waals surface area contributed by atoms with E-state index < -0.39 is 0 Å². The van der Waals surface area contributed by atoms with E-state index in [9.17, 15) is 4.79 Å². The molecule has 2 aromatic heterocycles. The van der Waals surface area contributed by atoms with Gasteiger partial charge in [-0.25, -0.2) is 9.97 Å². The summed E-state index contributed by atoms with van der Waals surface area (Å²) in [5.74, 6) is -0.102. The summed E-state index contributed by atoms with van der Waals surface area (Å²) in [6.07, 6.45) is 6.20. The SMILES string of the molecule is Cc1c(Cl)ccc2sc(N(CCCn3ccnc3)C(=O)c3ccc(Cl)cc3)nc12. The number of benzene rings is 2. The van der Waals surface area contributed by atoms with E-state index in [1.165, 1.54) is 11.3 Å². The fourth-order valence-corrected chi connectivity index (χ4v) is 4.40. The van der Waals surface area contributed by atoms with Crippen molar-refractivity contribution in [2.75, 3.05) is 11.4 Å². The summed E-state index contributed by atoms with van der Waals surface area (Å²) in [5.41, 5.74) is 2.33. The van der Waals surface area contributed by atoms with Crippen LogP contribution in [0.25, 0.3) is 10.2 Å². The molecular formula is C21H18Cl2N4OS. The van der Waals surface area contributed by atoms with Gasteiger partial charge in [-0.3, -0.25) is 9.69 Å². The van der Waals surface area contributed by atoms with Gasteiger partial charge in [0.2, 0.25) is 0 Å². The van der Waals surface area contributed by atoms with Crippen LogP contribution in [0.1, 0.15) is 22.3 Å². The Morgan fingerprint density at radius 2 is 1.97 bits per heavy atom. The van der Waals surface area contributed by atoms with Crippen molar-refractivity contribution in [1.82, 2.24) is 14.5 Å². The molecule has 148 valence electrons. The standard InChI is InChI=1S/C21H18Cl2N4OS/c1-14-17(23)7-8-18-19(14)25-21(29-18)27(11-2-10-26-12-9-24-13-26)20(28)15-3-5-16(22)6-4-15/h3-9,12-13H,2,10-11H2,1H3. The molecule has 0 atom stereocenters. The fraction of sp³-hybridized carbons (Fsp3) is 0.190. The number of carbonyl (C=O) groups excluding carboxylic acids is 1. The number of hydrogen-bond donors (Lipinski definition) is 0. The van der Waals surface area contributed by atoms with E-state index in [2.05, 4.69) is 4.98 Å². The number of imidazole rings is 1. The van der Waals surface area contributed by atoms with Crippen LogP contribution in [0.2, 0.25) is 10.0 Å². The van der Waals surface area contributed by atoms with Gasteiger partial charge in [0.25, 0.3) is 5.91 Å². The van der Waals surface area contributed by atoms with Gasteiger partial charge in [0.15, 0.2) is 5.13 Å². The van der Waals surface area contributed by atoms with Crippen LogP contribution in [0.3, 0.4) is 0 Å². The summed E-state index contributed by atoms with van der Waals surface area (Å²) in [7, 11) is 0. The topological polar surface area (TPSA) is 51.0 Å². The lowest BCUT2D eigenvalue weighted by atomic mass is 10.2. The van der Waals surface area contributed by atoms with Gasteiger partial charge in [-0.05, 0) is 55.3 Å². The zero-order valence-corrected chi connectivity index (χ0v) is 18.0. The maximum Gasteiger partial charge on any atom is 0.260 e. The Balaban J connectivity index is 1.66. The Kier molecular flexibility index (Phi) is 5.85. The molecule has 0 saturated heterocycles. The van der Waals surface area contributed by atoms with Crippen LogP contribution >= 0.6 is 34.5 Å². The van der Waals surface area contributed by atoms with E-state index in [-0.39, 0.29) is 5.91 Å². The zero-order chi connectivity index (χ0) is 20.4. The molecule has 0 bridgehead atoms. The first kappa shape index (κ1) is 19.9. The van der Waals surface area contributed by atoms with Gasteiger partial charge in [0.05, 0.1) is 16.5 Å². The molecule has 8 heteroatoms. The molecule has 0 saturated carbocycles. The highest BCUT2D eigenvalue weighted by molar-refractivity contribution is 7.22. The second kappa shape index (κ2) is 8.53. The molecule has 0 N–H and O–H groups in total. The Hall–Kier alpha value is -2.41. The minimum Gasteiger partial charge on any atom is -0.337 e. The zero-order valence-electron chi connectivity index (χ0n) is 15.7. The van der Waals surface area contributed by atoms with Gasteiger partial charge >= 0.3 is 0 Å². The molecule has 5 nitrogen and oxygen atoms in total. The second-order valence-electron chi connectivity index (χ2n) is 6.63. The third-order valence-electron chi connectivity index (χ3n) is 4.66. The van der Waals surface area contributed by atoms with E-state index in [0.717, 1.165) is 28.7 Å². The number of carbonyl (C=O) groups is 1. The van der Waals surface area contributed by atoms with E-state index in [1.807, 2.05) is 29.8 Å². The van der Waals surface area contributed by atoms with Crippen molar-refractivity contribution in [3.8, 4) is 0 Å². The van der Waals surface area contributed by atoms with Crippen LogP contribution in [0.4, 0.5) is 5.13 Å². The van der Waals surface area contributed by atoms with Crippen molar-refractivity contribution in [3.05, 3.63) is 76.3 Å². The minimum absolute atomic E-state index is 0.102. The molecule has 2 heterocycles. The predicted molar refractivity (Wildman–Crippen MR) is 119 cm³/mol. The van der Waals surface area contributed by atoms with Crippen LogP contribution in [-0.4, -0.2) is 27.0 Å². The first-order valence-corrected chi connectivity index (χ1v) is 10.7. The highest BCUT2D eigenvalue weighted by Gasteiger charge is 2.22. The van der Waals surface area contributed by atoms with Crippen LogP contribution in [0, 0.1) is 6.92 Å². The molecule has 4 rings (SSSR count). The Bertz CT molecular complexity index is 1140. The quantitative estimate of drug-likeness (QED) is 0.374. The summed E-state index contributed by atoms with van der Waals surface area (Å²) >= 11 is 13.7. The molecule has 0 fully saturated rings. The van der Waals surface area contributed by atoms with E-state index >= 15 is 0 Å². The first-order chi connectivity index (χ1) is 14.0. The van der Waals surface area contributed by atoms with Crippen molar-refractivity contribution in [3.63, 3.8) is 0 Å². The van der Waals surface area contributed by atoms with Gasteiger partial charge in [-0.15, -0.1) is 0 Å². The van der Waals surface area contributed by atoms with E-state index in [0.29, 0.717) is 27.3 Å². The number of nitrogens with zero attached hydrogens (tertiary/aromatic N) is 4. The number of fused-ring (bicyclic) bond motifs is 1. The summed E-state index contributed by atoms with van der Waals surface area (Å²) < 4.78 is 3.00. The molecule has 2 aromatic carbocycles. The summed E-state index contributed by atoms with van der Waals surface area (Å²) in [5, 5.41) is 1.93. The number of halogens is 2. The van der Waals surface area contributed by atoms with E-state index in [4.69, 9.17) is 28.2 Å². The molecule has 0 spiro atoms. The number of hydrogen-bond acceptors (Lipinski definition) is 4. The van der Waals surface area contributed by atoms with Crippen molar-refractivity contribution < 1.29 is 4.79 Å². The summed E-state index contributed by atoms with van der Waals surface area (Å²) in [4.78, 5) is 23.8. The number of amides is 1. The summed E-state index contributed by atoms with van der Waals surface area (Å²) in [6.45, 7) is 3.24. The van der Waals surface area contributed by atoms with Crippen molar-refractivity contribution in [2.24, 2.45) is 0 Å². The van der Waals surface area contributed by atoms with Crippen molar-refractivity contribution in [1.29, 1.82) is 0 Å². The average molecular weight is 445 g/mol. The van der Waals surface area contributed by atoms with Crippen LogP contribution in [-0.2, 0) is 6.54 Å². The summed E-state index contributed by atoms with van der Waals surface area (Å²) in [6, 6.07) is 10.7. The Morgan fingerprint density at radius 1 is 1.17 bits per heavy atom. The average Bonchev–Trinajstić information content (AvgIpc) is 3.38.